The van der Waals surface area contributed by atoms with Crippen LogP contribution in [0, 0.1) is 13.8 Å². The number of nitrogens with zero attached hydrogens (tertiary/aromatic N) is 1. The van der Waals surface area contributed by atoms with Crippen LogP contribution in [0.3, 0.4) is 0 Å². The summed E-state index contributed by atoms with van der Waals surface area (Å²) in [5, 5.41) is 4.63. The molecule has 0 atom stereocenters. The maximum absolute atomic E-state index is 4.86. The molecule has 0 amide bonds. The van der Waals surface area contributed by atoms with Crippen molar-refractivity contribution in [1.82, 2.24) is 4.98 Å². The molecule has 0 unspecified atom stereocenters. The Labute approximate surface area is 135 Å². The van der Waals surface area contributed by atoms with E-state index in [1.54, 1.807) is 0 Å². The van der Waals surface area contributed by atoms with Gasteiger partial charge in [-0.2, -0.15) is 0 Å². The Morgan fingerprint density at radius 1 is 1.09 bits per heavy atom. The fourth-order valence-corrected chi connectivity index (χ4v) is 3.95. The lowest BCUT2D eigenvalue weighted by Crippen LogP contribution is -2.76. The van der Waals surface area contributed by atoms with Crippen molar-refractivity contribution >= 4 is 27.2 Å². The second-order valence-electron chi connectivity index (χ2n) is 5.45. The fraction of sp³-hybridized carbons (Fsp3) is 0.333. The van der Waals surface area contributed by atoms with E-state index in [0.29, 0.717) is 0 Å². The number of rotatable bonds is 3. The number of nitrogens with one attached hydrogen (secondary N) is 2. The number of benzene rings is 2. The number of aryl methyl sites for hydroxylation is 1. The van der Waals surface area contributed by atoms with Crippen LogP contribution in [0.25, 0.3) is 20.8 Å². The Balaban J connectivity index is 2.34. The van der Waals surface area contributed by atoms with Crippen LogP contribution in [0.2, 0.25) is 0 Å². The zero-order valence-electron chi connectivity index (χ0n) is 13.6. The summed E-state index contributed by atoms with van der Waals surface area (Å²) >= 11 is 1.84. The van der Waals surface area contributed by atoms with Crippen molar-refractivity contribution in [3.05, 3.63) is 40.7 Å². The van der Waals surface area contributed by atoms with Gasteiger partial charge in [-0.05, 0) is 51.5 Å². The van der Waals surface area contributed by atoms with Crippen molar-refractivity contribution in [1.29, 1.82) is 0 Å². The van der Waals surface area contributed by atoms with Gasteiger partial charge in [0.2, 0.25) is 5.36 Å². The largest absolute Gasteiger partial charge is 0.385 e. The number of fused-ring (bicyclic) bond motifs is 2. The van der Waals surface area contributed by atoms with E-state index in [9.17, 15) is 0 Å². The lowest BCUT2D eigenvalue weighted by Gasteiger charge is -2.13. The Morgan fingerprint density at radius 2 is 1.91 bits per heavy atom. The summed E-state index contributed by atoms with van der Waals surface area (Å²) < 4.78 is 1.27. The number of hydrogen-bond acceptors (Lipinski definition) is 3. The van der Waals surface area contributed by atoms with E-state index >= 15 is 0 Å². The molecule has 1 aromatic carbocycles. The second kappa shape index (κ2) is 6.05. The lowest BCUT2D eigenvalue weighted by atomic mass is 10.1. The van der Waals surface area contributed by atoms with E-state index in [0.717, 1.165) is 24.3 Å². The van der Waals surface area contributed by atoms with E-state index in [-0.39, 0.29) is 0 Å². The molecule has 0 saturated heterocycles. The van der Waals surface area contributed by atoms with Crippen LogP contribution >= 0.6 is 11.3 Å². The first-order valence-corrected chi connectivity index (χ1v) is 8.61. The van der Waals surface area contributed by atoms with E-state index in [1.807, 2.05) is 11.3 Å². The third kappa shape index (κ3) is 2.48. The van der Waals surface area contributed by atoms with Gasteiger partial charge in [0, 0.05) is 23.9 Å². The number of hydrogen-bond donors (Lipinski definition) is 2. The molecule has 0 bridgehead atoms. The van der Waals surface area contributed by atoms with Crippen LogP contribution in [-0.2, 0) is 0 Å². The predicted molar refractivity (Wildman–Crippen MR) is 94.5 cm³/mol. The standard InChI is InChI=1S/C18H21N3S/c1-5-19-13-7-9-15-17(11(13)3)22-18-12(4)14(20-6-2)8-10-16(18)21-15/h7-10,19H,5-6H2,1-4H3/p+1. The molecule has 2 aliphatic rings. The monoisotopic (exact) mass is 312 g/mol. The highest BCUT2D eigenvalue weighted by atomic mass is 32.1. The summed E-state index contributed by atoms with van der Waals surface area (Å²) in [6, 6.07) is 8.49. The average Bonchev–Trinajstić information content (AvgIpc) is 2.52. The highest BCUT2D eigenvalue weighted by molar-refractivity contribution is 7.21. The van der Waals surface area contributed by atoms with Gasteiger partial charge in [-0.1, -0.05) is 0 Å². The first-order chi connectivity index (χ1) is 10.7. The van der Waals surface area contributed by atoms with Gasteiger partial charge >= 0.3 is 0 Å². The smallest absolute Gasteiger partial charge is 0.202 e. The third-order valence-electron chi connectivity index (χ3n) is 3.95. The molecule has 1 heterocycles. The van der Waals surface area contributed by atoms with E-state index < -0.39 is 0 Å². The van der Waals surface area contributed by atoms with Crippen molar-refractivity contribution < 1.29 is 4.99 Å². The molecule has 1 aliphatic carbocycles. The molecule has 3 rings (SSSR count). The van der Waals surface area contributed by atoms with Gasteiger partial charge in [-0.15, -0.1) is 11.3 Å². The molecule has 3 nitrogen and oxygen atoms in total. The second-order valence-corrected chi connectivity index (χ2v) is 6.47. The summed E-state index contributed by atoms with van der Waals surface area (Å²) in [5.41, 5.74) is 5.92. The summed E-state index contributed by atoms with van der Waals surface area (Å²) in [6.45, 7) is 10.5. The van der Waals surface area contributed by atoms with Crippen molar-refractivity contribution in [3.8, 4) is 10.6 Å². The molecule has 1 aromatic rings. The average molecular weight is 312 g/mol. The van der Waals surface area contributed by atoms with Gasteiger partial charge in [-0.3, -0.25) is 0 Å². The Bertz CT molecular complexity index is 864. The molecule has 0 spiro atoms. The van der Waals surface area contributed by atoms with Crippen molar-refractivity contribution in [2.24, 2.45) is 0 Å². The normalized spacial score (nSPS) is 12.3. The van der Waals surface area contributed by atoms with Crippen LogP contribution in [0.4, 0.5) is 5.69 Å². The minimum Gasteiger partial charge on any atom is -0.385 e. The predicted octanol–water partition coefficient (Wildman–Crippen LogP) is 2.45. The SMILES string of the molecule is CCNc1ccc2nc3ccc(=[NH+]CC)c(C)c-3sc2c1C. The van der Waals surface area contributed by atoms with Gasteiger partial charge in [0.1, 0.15) is 6.54 Å². The fourth-order valence-electron chi connectivity index (χ4n) is 2.78. The van der Waals surface area contributed by atoms with Gasteiger partial charge in [0.25, 0.3) is 0 Å². The van der Waals surface area contributed by atoms with E-state index in [4.69, 9.17) is 4.98 Å². The van der Waals surface area contributed by atoms with Gasteiger partial charge in [0.15, 0.2) is 0 Å². The van der Waals surface area contributed by atoms with Crippen LogP contribution in [0.5, 0.6) is 0 Å². The molecule has 2 N–H and O–H groups in total. The molecular weight excluding hydrogens is 290 g/mol. The van der Waals surface area contributed by atoms with Crippen molar-refractivity contribution in [2.45, 2.75) is 27.7 Å². The molecule has 22 heavy (non-hydrogen) atoms. The van der Waals surface area contributed by atoms with Crippen LogP contribution in [0.1, 0.15) is 25.0 Å². The Hall–Kier alpha value is -1.94. The van der Waals surface area contributed by atoms with E-state index in [1.165, 1.54) is 31.7 Å². The van der Waals surface area contributed by atoms with Crippen molar-refractivity contribution in [2.75, 3.05) is 18.4 Å². The minimum atomic E-state index is 0.932. The molecular formula is C18H22N3S+. The summed E-state index contributed by atoms with van der Waals surface area (Å²) in [7, 11) is 0. The maximum Gasteiger partial charge on any atom is 0.202 e. The molecule has 114 valence electrons. The van der Waals surface area contributed by atoms with Gasteiger partial charge < -0.3 is 5.32 Å². The molecule has 0 radical (unpaired) electrons. The van der Waals surface area contributed by atoms with Crippen LogP contribution in [-0.4, -0.2) is 18.1 Å². The first kappa shape index (κ1) is 15.0. The molecule has 1 aliphatic heterocycles. The minimum absolute atomic E-state index is 0.932. The molecule has 0 aromatic heterocycles. The lowest BCUT2D eigenvalue weighted by molar-refractivity contribution is -0.496. The summed E-state index contributed by atoms with van der Waals surface area (Å²) in [4.78, 5) is 9.55. The Kier molecular flexibility index (Phi) is 4.12. The highest BCUT2D eigenvalue weighted by Crippen LogP contribution is 2.35. The third-order valence-corrected chi connectivity index (χ3v) is 5.39. The number of aromatic nitrogens is 1. The van der Waals surface area contributed by atoms with Gasteiger partial charge in [-0.25, -0.2) is 9.98 Å². The van der Waals surface area contributed by atoms with E-state index in [2.05, 4.69) is 62.3 Å². The molecule has 0 fully saturated rings. The molecule has 0 saturated carbocycles. The highest BCUT2D eigenvalue weighted by Gasteiger charge is 2.15. The van der Waals surface area contributed by atoms with Gasteiger partial charge in [0.05, 0.1) is 20.8 Å². The van der Waals surface area contributed by atoms with Crippen LogP contribution < -0.4 is 15.7 Å². The van der Waals surface area contributed by atoms with Crippen LogP contribution in [0.15, 0.2) is 24.3 Å². The van der Waals surface area contributed by atoms with Crippen molar-refractivity contribution in [3.63, 3.8) is 0 Å². The zero-order chi connectivity index (χ0) is 15.7. The first-order valence-electron chi connectivity index (χ1n) is 7.80. The summed E-state index contributed by atoms with van der Waals surface area (Å²) in [5.74, 6) is 0. The number of anilines is 1. The maximum atomic E-state index is 4.86. The molecule has 4 heteroatoms. The Morgan fingerprint density at radius 3 is 2.64 bits per heavy atom. The zero-order valence-corrected chi connectivity index (χ0v) is 14.4. The summed E-state index contributed by atoms with van der Waals surface area (Å²) in [6.07, 6.45) is 0. The quantitative estimate of drug-likeness (QED) is 0.729. The topological polar surface area (TPSA) is 38.9 Å².